The van der Waals surface area contributed by atoms with Crippen LogP contribution in [0, 0.1) is 6.92 Å². The van der Waals surface area contributed by atoms with Crippen molar-refractivity contribution in [3.05, 3.63) is 59.2 Å². The zero-order chi connectivity index (χ0) is 22.9. The van der Waals surface area contributed by atoms with Gasteiger partial charge in [0.1, 0.15) is 0 Å². The summed E-state index contributed by atoms with van der Waals surface area (Å²) < 4.78 is 0. The third-order valence-electron chi connectivity index (χ3n) is 6.00. The number of carbonyl (C=O) groups excluding carboxylic acids is 2. The van der Waals surface area contributed by atoms with Crippen LogP contribution < -0.4 is 29.3 Å². The van der Waals surface area contributed by atoms with Crippen LogP contribution in [0.1, 0.15) is 60.0 Å². The van der Waals surface area contributed by atoms with Crippen LogP contribution >= 0.6 is 23.5 Å². The maximum atomic E-state index is 13.1. The van der Waals surface area contributed by atoms with Crippen LogP contribution in [0.5, 0.6) is 0 Å². The van der Waals surface area contributed by atoms with Crippen molar-refractivity contribution in [2.45, 2.75) is 62.5 Å². The van der Waals surface area contributed by atoms with E-state index in [-0.39, 0.29) is 24.8 Å². The average Bonchev–Trinajstić information content (AvgIpc) is 2.81. The van der Waals surface area contributed by atoms with Crippen molar-refractivity contribution in [1.29, 1.82) is 0 Å². The SMILES string of the molecule is CSCC[C@H](NC(=O)c1ccc(CSC2CCCCC2)cc1-c1ccccc1C)C(=O)[O-].[Li+]. The molecule has 0 radical (unpaired) electrons. The quantitative estimate of drug-likeness (QED) is 0.529. The van der Waals surface area contributed by atoms with Gasteiger partial charge in [0.05, 0.1) is 12.0 Å². The molecule has 0 heterocycles. The van der Waals surface area contributed by atoms with Crippen LogP contribution in [0.4, 0.5) is 0 Å². The predicted octanol–water partition coefficient (Wildman–Crippen LogP) is 1.83. The van der Waals surface area contributed by atoms with Crippen molar-refractivity contribution >= 4 is 35.4 Å². The van der Waals surface area contributed by atoms with E-state index in [9.17, 15) is 14.7 Å². The van der Waals surface area contributed by atoms with Gasteiger partial charge in [-0.15, -0.1) is 0 Å². The molecule has 0 aliphatic heterocycles. The van der Waals surface area contributed by atoms with Gasteiger partial charge in [0, 0.05) is 16.6 Å². The molecule has 2 aromatic carbocycles. The molecule has 4 nitrogen and oxygen atoms in total. The van der Waals surface area contributed by atoms with Gasteiger partial charge in [0.25, 0.3) is 5.91 Å². The number of rotatable bonds is 10. The molecule has 1 fully saturated rings. The summed E-state index contributed by atoms with van der Waals surface area (Å²) in [4.78, 5) is 24.7. The monoisotopic (exact) mass is 477 g/mol. The summed E-state index contributed by atoms with van der Waals surface area (Å²) in [6.07, 6.45) is 8.82. The molecular formula is C26H32LiNO3S2. The summed E-state index contributed by atoms with van der Waals surface area (Å²) in [5.74, 6) is -0.0581. The standard InChI is InChI=1S/C26H33NO3S2.Li/c1-18-8-6-7-11-21(18)23-16-19(17-32-20-9-4-3-5-10-20)12-13-22(23)25(28)27-24(26(29)30)14-15-31-2;/h6-8,11-13,16,20,24H,3-5,9-10,14-15,17H2,1-2H3,(H,27,28)(H,29,30);/q;+1/p-1/t24-;/m0./s1. The van der Waals surface area contributed by atoms with Gasteiger partial charge in [-0.05, 0) is 72.6 Å². The van der Waals surface area contributed by atoms with Gasteiger partial charge in [-0.2, -0.15) is 23.5 Å². The Kier molecular flexibility index (Phi) is 12.0. The molecule has 0 unspecified atom stereocenters. The van der Waals surface area contributed by atoms with Crippen LogP contribution in [0.15, 0.2) is 42.5 Å². The minimum absolute atomic E-state index is 0. The van der Waals surface area contributed by atoms with Crippen molar-refractivity contribution in [3.8, 4) is 11.1 Å². The van der Waals surface area contributed by atoms with Crippen molar-refractivity contribution in [2.75, 3.05) is 12.0 Å². The van der Waals surface area contributed by atoms with Gasteiger partial charge in [-0.25, -0.2) is 0 Å². The second kappa shape index (κ2) is 14.2. The summed E-state index contributed by atoms with van der Waals surface area (Å²) in [5.41, 5.74) is 4.62. The first kappa shape index (κ1) is 27.9. The fraction of sp³-hybridized carbons (Fsp3) is 0.462. The number of carboxylic acids is 1. The summed E-state index contributed by atoms with van der Waals surface area (Å²) in [5, 5.41) is 14.9. The molecule has 3 rings (SSSR count). The first-order valence-corrected chi connectivity index (χ1v) is 13.7. The summed E-state index contributed by atoms with van der Waals surface area (Å²) in [6, 6.07) is 12.9. The van der Waals surface area contributed by atoms with E-state index in [2.05, 4.69) is 11.4 Å². The summed E-state index contributed by atoms with van der Waals surface area (Å²) >= 11 is 3.55. The van der Waals surface area contributed by atoms with E-state index in [1.54, 1.807) is 11.8 Å². The Morgan fingerprint density at radius 3 is 2.48 bits per heavy atom. The Hall–Kier alpha value is -1.32. The second-order valence-electron chi connectivity index (χ2n) is 8.39. The number of nitrogens with one attached hydrogen (secondary N) is 1. The van der Waals surface area contributed by atoms with Crippen LogP contribution in [0.3, 0.4) is 0 Å². The predicted molar refractivity (Wildman–Crippen MR) is 134 cm³/mol. The molecule has 0 spiro atoms. The van der Waals surface area contributed by atoms with Crippen molar-refractivity contribution in [2.24, 2.45) is 0 Å². The Balaban J connectivity index is 0.00000385. The average molecular weight is 478 g/mol. The number of aliphatic carboxylic acids is 1. The first-order valence-electron chi connectivity index (χ1n) is 11.3. The van der Waals surface area contributed by atoms with E-state index in [0.29, 0.717) is 23.0 Å². The molecule has 1 N–H and O–H groups in total. The maximum absolute atomic E-state index is 13.1. The van der Waals surface area contributed by atoms with E-state index in [0.717, 1.165) is 22.4 Å². The van der Waals surface area contributed by atoms with Crippen molar-refractivity contribution in [3.63, 3.8) is 0 Å². The minimum Gasteiger partial charge on any atom is -0.548 e. The van der Waals surface area contributed by atoms with E-state index < -0.39 is 12.0 Å². The number of aryl methyl sites for hydroxylation is 1. The third-order valence-corrected chi connectivity index (χ3v) is 8.09. The van der Waals surface area contributed by atoms with Crippen LogP contribution in [0.25, 0.3) is 11.1 Å². The molecule has 2 aromatic rings. The number of thioether (sulfide) groups is 2. The minimum atomic E-state index is -1.25. The van der Waals surface area contributed by atoms with Crippen LogP contribution in [0.2, 0.25) is 0 Å². The fourth-order valence-corrected chi connectivity index (χ4v) is 5.89. The number of benzene rings is 2. The van der Waals surface area contributed by atoms with Gasteiger partial charge in [0.15, 0.2) is 0 Å². The van der Waals surface area contributed by atoms with Gasteiger partial charge in [0.2, 0.25) is 0 Å². The molecule has 0 saturated heterocycles. The summed E-state index contributed by atoms with van der Waals surface area (Å²) in [7, 11) is 0. The fourth-order valence-electron chi connectivity index (χ4n) is 4.14. The normalized spacial score (nSPS) is 14.8. The van der Waals surface area contributed by atoms with Crippen molar-refractivity contribution < 1.29 is 33.6 Å². The molecule has 7 heteroatoms. The largest absolute Gasteiger partial charge is 1.00 e. The van der Waals surface area contributed by atoms with E-state index in [4.69, 9.17) is 0 Å². The van der Waals surface area contributed by atoms with Gasteiger partial charge < -0.3 is 15.2 Å². The van der Waals surface area contributed by atoms with Gasteiger partial charge in [-0.1, -0.05) is 49.6 Å². The molecule has 0 bridgehead atoms. The van der Waals surface area contributed by atoms with E-state index in [1.807, 2.05) is 61.3 Å². The molecule has 1 aliphatic rings. The van der Waals surface area contributed by atoms with Crippen LogP contribution in [-0.4, -0.2) is 35.2 Å². The number of carbonyl (C=O) groups is 2. The van der Waals surface area contributed by atoms with E-state index in [1.165, 1.54) is 37.7 Å². The molecule has 1 amide bonds. The smallest absolute Gasteiger partial charge is 0.548 e. The molecule has 172 valence electrons. The number of hydrogen-bond donors (Lipinski definition) is 1. The third kappa shape index (κ3) is 8.14. The zero-order valence-corrected chi connectivity index (χ0v) is 21.5. The molecule has 0 aromatic heterocycles. The first-order chi connectivity index (χ1) is 15.5. The Morgan fingerprint density at radius 2 is 1.82 bits per heavy atom. The molecule has 1 aliphatic carbocycles. The topological polar surface area (TPSA) is 69.2 Å². The number of carboxylic acid groups (broad SMARTS) is 1. The Labute approximate surface area is 218 Å². The molecule has 1 saturated carbocycles. The van der Waals surface area contributed by atoms with E-state index >= 15 is 0 Å². The number of amides is 1. The van der Waals surface area contributed by atoms with Crippen molar-refractivity contribution in [1.82, 2.24) is 5.32 Å². The maximum Gasteiger partial charge on any atom is 1.00 e. The van der Waals surface area contributed by atoms with Gasteiger partial charge in [-0.3, -0.25) is 4.79 Å². The van der Waals surface area contributed by atoms with Gasteiger partial charge >= 0.3 is 18.9 Å². The number of hydrogen-bond acceptors (Lipinski definition) is 5. The molecule has 1 atom stereocenters. The molecule has 33 heavy (non-hydrogen) atoms. The Bertz CT molecular complexity index is 932. The second-order valence-corrected chi connectivity index (χ2v) is 10.7. The van der Waals surface area contributed by atoms with Crippen LogP contribution in [-0.2, 0) is 10.5 Å². The summed E-state index contributed by atoms with van der Waals surface area (Å²) in [6.45, 7) is 2.03. The zero-order valence-electron chi connectivity index (χ0n) is 19.9. The Morgan fingerprint density at radius 1 is 1.09 bits per heavy atom. The molecular weight excluding hydrogens is 445 g/mol.